The maximum atomic E-state index is 13.0. The Morgan fingerprint density at radius 3 is 2.50 bits per heavy atom. The molecule has 152 valence electrons. The summed E-state index contributed by atoms with van der Waals surface area (Å²) in [6.45, 7) is -2.85. The number of halogens is 5. The highest BCUT2D eigenvalue weighted by Gasteiger charge is 2.31. The summed E-state index contributed by atoms with van der Waals surface area (Å²) in [6.07, 6.45) is -4.63. The molecule has 1 N–H and O–H groups in total. The third kappa shape index (κ3) is 6.08. The number of amides is 1. The van der Waals surface area contributed by atoms with Crippen LogP contribution in [0.1, 0.15) is 15.9 Å². The zero-order valence-corrected chi connectivity index (χ0v) is 14.6. The Hall–Kier alpha value is -2.88. The maximum absolute atomic E-state index is 13.0. The number of benzene rings is 2. The molecule has 10 heteroatoms. The van der Waals surface area contributed by atoms with E-state index in [2.05, 4.69) is 10.1 Å². The van der Waals surface area contributed by atoms with Crippen LogP contribution in [0.4, 0.5) is 27.6 Å². The van der Waals surface area contributed by atoms with E-state index in [0.717, 1.165) is 24.3 Å². The minimum absolute atomic E-state index is 0.00150. The second-order valence-corrected chi connectivity index (χ2v) is 5.41. The van der Waals surface area contributed by atoms with E-state index in [1.165, 1.54) is 25.3 Å². The Morgan fingerprint density at radius 2 is 1.86 bits per heavy atom. The largest absolute Gasteiger partial charge is 0.489 e. The van der Waals surface area contributed by atoms with Gasteiger partial charge in [0.1, 0.15) is 18.1 Å². The van der Waals surface area contributed by atoms with E-state index < -0.39 is 24.3 Å². The molecular formula is C18H16F5NO4. The number of hydrogen-bond acceptors (Lipinski definition) is 4. The predicted molar refractivity (Wildman–Crippen MR) is 89.8 cm³/mol. The fraction of sp³-hybridized carbons (Fsp3) is 0.278. The average Bonchev–Trinajstić information content (AvgIpc) is 2.62. The van der Waals surface area contributed by atoms with E-state index in [0.29, 0.717) is 0 Å². The Morgan fingerprint density at radius 1 is 1.11 bits per heavy atom. The fourth-order valence-corrected chi connectivity index (χ4v) is 2.17. The van der Waals surface area contributed by atoms with Crippen molar-refractivity contribution >= 4 is 11.6 Å². The van der Waals surface area contributed by atoms with Gasteiger partial charge in [-0.1, -0.05) is 6.07 Å². The van der Waals surface area contributed by atoms with Crippen molar-refractivity contribution < 1.29 is 41.0 Å². The first-order chi connectivity index (χ1) is 13.2. The molecule has 0 aliphatic rings. The molecule has 0 saturated heterocycles. The highest BCUT2D eigenvalue weighted by molar-refractivity contribution is 6.05. The predicted octanol–water partition coefficient (Wildman–Crippen LogP) is 4.58. The minimum atomic E-state index is -4.63. The second-order valence-electron chi connectivity index (χ2n) is 5.41. The molecule has 2 aromatic carbocycles. The molecule has 0 spiro atoms. The summed E-state index contributed by atoms with van der Waals surface area (Å²) < 4.78 is 77.9. The quantitative estimate of drug-likeness (QED) is 0.516. The first-order valence-electron chi connectivity index (χ1n) is 7.90. The average molecular weight is 405 g/mol. The Kier molecular flexibility index (Phi) is 7.16. The Bertz CT molecular complexity index is 811. The number of alkyl halides is 5. The maximum Gasteiger partial charge on any atom is 0.416 e. The van der Waals surface area contributed by atoms with Gasteiger partial charge in [-0.25, -0.2) is 0 Å². The normalized spacial score (nSPS) is 11.4. The van der Waals surface area contributed by atoms with Crippen LogP contribution < -0.4 is 14.8 Å². The number of carbonyl (C=O) groups is 1. The van der Waals surface area contributed by atoms with Gasteiger partial charge in [-0.3, -0.25) is 4.79 Å². The Balaban J connectivity index is 2.27. The van der Waals surface area contributed by atoms with E-state index in [4.69, 9.17) is 9.47 Å². The van der Waals surface area contributed by atoms with Gasteiger partial charge in [-0.05, 0) is 36.4 Å². The lowest BCUT2D eigenvalue weighted by Gasteiger charge is -2.15. The zero-order valence-electron chi connectivity index (χ0n) is 14.6. The van der Waals surface area contributed by atoms with Crippen molar-refractivity contribution in [2.24, 2.45) is 0 Å². The smallest absolute Gasteiger partial charge is 0.416 e. The van der Waals surface area contributed by atoms with E-state index >= 15 is 0 Å². The van der Waals surface area contributed by atoms with Crippen molar-refractivity contribution in [3.63, 3.8) is 0 Å². The lowest BCUT2D eigenvalue weighted by Crippen LogP contribution is -2.15. The van der Waals surface area contributed by atoms with Gasteiger partial charge in [-0.2, -0.15) is 22.0 Å². The molecule has 2 rings (SSSR count). The number of rotatable bonds is 8. The van der Waals surface area contributed by atoms with Gasteiger partial charge >= 0.3 is 12.8 Å². The zero-order chi connectivity index (χ0) is 20.7. The summed E-state index contributed by atoms with van der Waals surface area (Å²) in [5, 5.41) is 2.30. The third-order valence-electron chi connectivity index (χ3n) is 3.42. The molecule has 0 heterocycles. The number of nitrogens with one attached hydrogen (secondary N) is 1. The summed E-state index contributed by atoms with van der Waals surface area (Å²) >= 11 is 0. The number of hydrogen-bond donors (Lipinski definition) is 1. The molecule has 0 aliphatic heterocycles. The van der Waals surface area contributed by atoms with Crippen LogP contribution in [0.2, 0.25) is 0 Å². The summed E-state index contributed by atoms with van der Waals surface area (Å²) in [4.78, 5) is 12.4. The van der Waals surface area contributed by atoms with E-state index in [1.807, 2.05) is 0 Å². The van der Waals surface area contributed by atoms with Crippen molar-refractivity contribution in [1.82, 2.24) is 0 Å². The SMILES string of the molecule is COCCOc1ccc(C(F)(F)F)cc1NC(=O)c1cccc(OC(F)F)c1. The molecule has 0 saturated carbocycles. The molecule has 2 aromatic rings. The second kappa shape index (κ2) is 9.36. The standard InChI is InChI=1S/C18H16F5NO4/c1-26-7-8-27-15-6-5-12(18(21,22)23)10-14(15)24-16(25)11-3-2-4-13(9-11)28-17(19)20/h2-6,9-10,17H,7-8H2,1H3,(H,24,25). The van der Waals surface area contributed by atoms with Crippen LogP contribution in [0.25, 0.3) is 0 Å². The molecule has 0 atom stereocenters. The van der Waals surface area contributed by atoms with E-state index in [1.54, 1.807) is 0 Å². The summed E-state index contributed by atoms with van der Waals surface area (Å²) in [5.41, 5.74) is -1.30. The van der Waals surface area contributed by atoms with Crippen molar-refractivity contribution in [2.45, 2.75) is 12.8 Å². The monoisotopic (exact) mass is 405 g/mol. The Labute approximate surface area is 157 Å². The van der Waals surface area contributed by atoms with Gasteiger partial charge in [0.25, 0.3) is 5.91 Å². The fourth-order valence-electron chi connectivity index (χ4n) is 2.17. The van der Waals surface area contributed by atoms with Crippen LogP contribution in [0.15, 0.2) is 42.5 Å². The van der Waals surface area contributed by atoms with Crippen LogP contribution in [-0.4, -0.2) is 32.8 Å². The van der Waals surface area contributed by atoms with Gasteiger partial charge in [0.2, 0.25) is 0 Å². The van der Waals surface area contributed by atoms with Crippen molar-refractivity contribution in [3.8, 4) is 11.5 Å². The van der Waals surface area contributed by atoms with Crippen molar-refractivity contribution in [3.05, 3.63) is 53.6 Å². The van der Waals surface area contributed by atoms with Crippen LogP contribution in [0.3, 0.4) is 0 Å². The van der Waals surface area contributed by atoms with Gasteiger partial charge in [-0.15, -0.1) is 0 Å². The summed E-state index contributed by atoms with van der Waals surface area (Å²) in [5.74, 6) is -1.09. The molecule has 0 aromatic heterocycles. The molecule has 0 fully saturated rings. The lowest BCUT2D eigenvalue weighted by molar-refractivity contribution is -0.137. The molecule has 0 radical (unpaired) electrons. The number of carbonyl (C=O) groups excluding carboxylic acids is 1. The molecule has 1 amide bonds. The highest BCUT2D eigenvalue weighted by atomic mass is 19.4. The first kappa shape index (κ1) is 21.4. The van der Waals surface area contributed by atoms with Crippen molar-refractivity contribution in [2.75, 3.05) is 25.6 Å². The number of methoxy groups -OCH3 is 1. The van der Waals surface area contributed by atoms with E-state index in [9.17, 15) is 26.7 Å². The highest BCUT2D eigenvalue weighted by Crippen LogP contribution is 2.35. The summed E-state index contributed by atoms with van der Waals surface area (Å²) in [6, 6.07) is 7.47. The lowest BCUT2D eigenvalue weighted by atomic mass is 10.1. The van der Waals surface area contributed by atoms with Crippen LogP contribution in [0, 0.1) is 0 Å². The molecule has 5 nitrogen and oxygen atoms in total. The van der Waals surface area contributed by atoms with Gasteiger partial charge in [0, 0.05) is 12.7 Å². The van der Waals surface area contributed by atoms with E-state index in [-0.39, 0.29) is 36.0 Å². The molecule has 28 heavy (non-hydrogen) atoms. The van der Waals surface area contributed by atoms with Gasteiger partial charge in [0.05, 0.1) is 17.9 Å². The topological polar surface area (TPSA) is 56.8 Å². The molecule has 0 bridgehead atoms. The van der Waals surface area contributed by atoms with Gasteiger partial charge < -0.3 is 19.5 Å². The van der Waals surface area contributed by atoms with Crippen LogP contribution in [0.5, 0.6) is 11.5 Å². The first-order valence-corrected chi connectivity index (χ1v) is 7.90. The molecule has 0 unspecified atom stereocenters. The van der Waals surface area contributed by atoms with Gasteiger partial charge in [0.15, 0.2) is 0 Å². The molecular weight excluding hydrogens is 389 g/mol. The van der Waals surface area contributed by atoms with Crippen LogP contribution >= 0.6 is 0 Å². The number of anilines is 1. The summed E-state index contributed by atoms with van der Waals surface area (Å²) in [7, 11) is 1.42. The third-order valence-corrected chi connectivity index (χ3v) is 3.42. The minimum Gasteiger partial charge on any atom is -0.489 e. The molecule has 0 aliphatic carbocycles. The van der Waals surface area contributed by atoms with Crippen LogP contribution in [-0.2, 0) is 10.9 Å². The van der Waals surface area contributed by atoms with Crippen molar-refractivity contribution in [1.29, 1.82) is 0 Å². The number of ether oxygens (including phenoxy) is 3.